The summed E-state index contributed by atoms with van der Waals surface area (Å²) in [7, 11) is 3.35. The number of thioether (sulfide) groups is 1. The van der Waals surface area contributed by atoms with Crippen LogP contribution in [0.15, 0.2) is 18.2 Å². The molecule has 0 radical (unpaired) electrons. The molecule has 84 valence electrons. The Kier molecular flexibility index (Phi) is 4.91. The van der Waals surface area contributed by atoms with E-state index < -0.39 is 0 Å². The van der Waals surface area contributed by atoms with E-state index in [9.17, 15) is 4.39 Å². The van der Waals surface area contributed by atoms with Crippen LogP contribution in [0.5, 0.6) is 5.75 Å². The zero-order valence-electron chi connectivity index (χ0n) is 9.21. The van der Waals surface area contributed by atoms with Crippen LogP contribution in [0, 0.1) is 5.82 Å². The van der Waals surface area contributed by atoms with Crippen LogP contribution in [0.25, 0.3) is 0 Å². The Labute approximate surface area is 94.2 Å². The summed E-state index contributed by atoms with van der Waals surface area (Å²) >= 11 is 1.73. The summed E-state index contributed by atoms with van der Waals surface area (Å²) in [5.74, 6) is 0.900. The molecule has 0 aromatic heterocycles. The number of nitrogens with one attached hydrogen (secondary N) is 1. The maximum absolute atomic E-state index is 13.4. The minimum Gasteiger partial charge on any atom is -0.494 e. The number of benzene rings is 1. The molecule has 0 aliphatic carbocycles. The minimum atomic E-state index is -0.309. The molecule has 1 rings (SSSR count). The first kappa shape index (κ1) is 12.3. The van der Waals surface area contributed by atoms with Gasteiger partial charge in [0.15, 0.2) is 11.6 Å². The summed E-state index contributed by atoms with van der Waals surface area (Å²) in [5.41, 5.74) is 0.949. The van der Waals surface area contributed by atoms with E-state index in [1.165, 1.54) is 13.2 Å². The number of rotatable bonds is 5. The number of hydrogen-bond acceptors (Lipinski definition) is 3. The van der Waals surface area contributed by atoms with Crippen LogP contribution in [-0.4, -0.2) is 26.2 Å². The van der Waals surface area contributed by atoms with E-state index in [0.29, 0.717) is 0 Å². The molecular weight excluding hydrogens is 213 g/mol. The Morgan fingerprint density at radius 1 is 1.53 bits per heavy atom. The zero-order chi connectivity index (χ0) is 11.3. The predicted octanol–water partition coefficient (Wildman–Crippen LogP) is 2.46. The normalized spacial score (nSPS) is 12.5. The van der Waals surface area contributed by atoms with Crippen molar-refractivity contribution in [3.05, 3.63) is 29.6 Å². The Balaban J connectivity index is 2.89. The van der Waals surface area contributed by atoms with Gasteiger partial charge in [-0.1, -0.05) is 6.07 Å². The second kappa shape index (κ2) is 5.98. The first-order valence-electron chi connectivity index (χ1n) is 4.72. The summed E-state index contributed by atoms with van der Waals surface area (Å²) in [6.45, 7) is 0. The van der Waals surface area contributed by atoms with Gasteiger partial charge in [-0.25, -0.2) is 4.39 Å². The molecule has 0 bridgehead atoms. The number of ether oxygens (including phenoxy) is 1. The second-order valence-corrected chi connectivity index (χ2v) is 4.10. The molecule has 0 saturated heterocycles. The lowest BCUT2D eigenvalue weighted by Crippen LogP contribution is -2.18. The van der Waals surface area contributed by atoms with E-state index in [-0.39, 0.29) is 17.6 Å². The molecule has 0 heterocycles. The maximum Gasteiger partial charge on any atom is 0.165 e. The highest BCUT2D eigenvalue weighted by molar-refractivity contribution is 7.98. The van der Waals surface area contributed by atoms with Crippen molar-refractivity contribution in [2.75, 3.05) is 26.2 Å². The van der Waals surface area contributed by atoms with Gasteiger partial charge in [-0.2, -0.15) is 11.8 Å². The van der Waals surface area contributed by atoms with Crippen molar-refractivity contribution in [3.8, 4) is 5.75 Å². The number of halogens is 1. The minimum absolute atomic E-state index is 0.181. The van der Waals surface area contributed by atoms with Gasteiger partial charge in [-0.05, 0) is 31.0 Å². The van der Waals surface area contributed by atoms with E-state index in [1.807, 2.05) is 19.4 Å². The van der Waals surface area contributed by atoms with Crippen LogP contribution < -0.4 is 10.1 Å². The lowest BCUT2D eigenvalue weighted by molar-refractivity contribution is 0.385. The van der Waals surface area contributed by atoms with Crippen LogP contribution in [0.1, 0.15) is 11.6 Å². The van der Waals surface area contributed by atoms with Gasteiger partial charge in [0.05, 0.1) is 7.11 Å². The third-order valence-electron chi connectivity index (χ3n) is 2.26. The predicted molar refractivity (Wildman–Crippen MR) is 63.1 cm³/mol. The summed E-state index contributed by atoms with van der Waals surface area (Å²) in [6.07, 6.45) is 2.03. The van der Waals surface area contributed by atoms with Crippen molar-refractivity contribution in [3.63, 3.8) is 0 Å². The molecule has 1 N–H and O–H groups in total. The summed E-state index contributed by atoms with van der Waals surface area (Å²) < 4.78 is 18.3. The average Bonchev–Trinajstić information content (AvgIpc) is 2.25. The van der Waals surface area contributed by atoms with Gasteiger partial charge in [0.25, 0.3) is 0 Å². The molecule has 1 aromatic carbocycles. The molecule has 0 aliphatic rings. The van der Waals surface area contributed by atoms with Crippen molar-refractivity contribution in [1.29, 1.82) is 0 Å². The smallest absolute Gasteiger partial charge is 0.165 e. The first-order valence-corrected chi connectivity index (χ1v) is 6.12. The van der Waals surface area contributed by atoms with Crippen molar-refractivity contribution in [2.24, 2.45) is 0 Å². The molecule has 2 nitrogen and oxygen atoms in total. The van der Waals surface area contributed by atoms with Crippen LogP contribution in [0.3, 0.4) is 0 Å². The van der Waals surface area contributed by atoms with Crippen molar-refractivity contribution in [1.82, 2.24) is 5.32 Å². The van der Waals surface area contributed by atoms with E-state index in [0.717, 1.165) is 11.3 Å². The molecule has 0 fully saturated rings. The molecule has 15 heavy (non-hydrogen) atoms. The van der Waals surface area contributed by atoms with Crippen LogP contribution in [-0.2, 0) is 0 Å². The van der Waals surface area contributed by atoms with Crippen LogP contribution in [0.2, 0.25) is 0 Å². The van der Waals surface area contributed by atoms with Crippen molar-refractivity contribution < 1.29 is 9.13 Å². The highest BCUT2D eigenvalue weighted by Gasteiger charge is 2.11. The van der Waals surface area contributed by atoms with E-state index in [2.05, 4.69) is 5.32 Å². The Morgan fingerprint density at radius 3 is 2.73 bits per heavy atom. The van der Waals surface area contributed by atoms with Gasteiger partial charge in [-0.15, -0.1) is 0 Å². The summed E-state index contributed by atoms with van der Waals surface area (Å²) in [6, 6.07) is 5.26. The monoisotopic (exact) mass is 229 g/mol. The molecule has 0 aliphatic heterocycles. The van der Waals surface area contributed by atoms with Gasteiger partial charge >= 0.3 is 0 Å². The molecule has 0 amide bonds. The first-order chi connectivity index (χ1) is 7.22. The highest BCUT2D eigenvalue weighted by atomic mass is 32.2. The Morgan fingerprint density at radius 2 is 2.27 bits per heavy atom. The fourth-order valence-electron chi connectivity index (χ4n) is 1.41. The average molecular weight is 229 g/mol. The highest BCUT2D eigenvalue weighted by Crippen LogP contribution is 2.23. The van der Waals surface area contributed by atoms with Crippen molar-refractivity contribution in [2.45, 2.75) is 6.04 Å². The molecule has 1 aromatic rings. The lowest BCUT2D eigenvalue weighted by Gasteiger charge is -2.15. The second-order valence-electron chi connectivity index (χ2n) is 3.19. The van der Waals surface area contributed by atoms with Gasteiger partial charge in [-0.3, -0.25) is 0 Å². The quantitative estimate of drug-likeness (QED) is 0.838. The SMILES string of the molecule is CNC(CSC)c1ccc(OC)c(F)c1. The Hall–Kier alpha value is -0.740. The molecule has 0 spiro atoms. The fraction of sp³-hybridized carbons (Fsp3) is 0.455. The zero-order valence-corrected chi connectivity index (χ0v) is 10.0. The number of methoxy groups -OCH3 is 1. The maximum atomic E-state index is 13.4. The largest absolute Gasteiger partial charge is 0.494 e. The van der Waals surface area contributed by atoms with E-state index in [1.54, 1.807) is 17.8 Å². The standard InChI is InChI=1S/C11H16FNOS/c1-13-10(7-15-3)8-4-5-11(14-2)9(12)6-8/h4-6,10,13H,7H2,1-3H3. The fourth-order valence-corrected chi connectivity index (χ4v) is 2.10. The third-order valence-corrected chi connectivity index (χ3v) is 2.93. The molecule has 1 atom stereocenters. The molecular formula is C11H16FNOS. The molecule has 1 unspecified atom stereocenters. The van der Waals surface area contributed by atoms with Crippen LogP contribution >= 0.6 is 11.8 Å². The van der Waals surface area contributed by atoms with Crippen molar-refractivity contribution >= 4 is 11.8 Å². The Bertz CT molecular complexity index is 319. The molecule has 4 heteroatoms. The topological polar surface area (TPSA) is 21.3 Å². The van der Waals surface area contributed by atoms with Gasteiger partial charge in [0, 0.05) is 11.8 Å². The molecule has 0 saturated carbocycles. The summed E-state index contributed by atoms with van der Waals surface area (Å²) in [4.78, 5) is 0. The third kappa shape index (κ3) is 3.11. The van der Waals surface area contributed by atoms with Gasteiger partial charge < -0.3 is 10.1 Å². The summed E-state index contributed by atoms with van der Waals surface area (Å²) in [5, 5.41) is 3.16. The van der Waals surface area contributed by atoms with E-state index >= 15 is 0 Å². The van der Waals surface area contributed by atoms with E-state index in [4.69, 9.17) is 4.74 Å². The lowest BCUT2D eigenvalue weighted by atomic mass is 10.1. The van der Waals surface area contributed by atoms with Gasteiger partial charge in [0.2, 0.25) is 0 Å². The van der Waals surface area contributed by atoms with Crippen LogP contribution in [0.4, 0.5) is 4.39 Å². The van der Waals surface area contributed by atoms with Gasteiger partial charge in [0.1, 0.15) is 0 Å². The number of hydrogen-bond donors (Lipinski definition) is 1.